The first-order valence-corrected chi connectivity index (χ1v) is 6.89. The summed E-state index contributed by atoms with van der Waals surface area (Å²) in [5, 5.41) is 17.5. The Hall–Kier alpha value is -1.40. The summed E-state index contributed by atoms with van der Waals surface area (Å²) in [4.78, 5) is 11.2. The van der Waals surface area contributed by atoms with E-state index in [9.17, 15) is 4.79 Å². The second-order valence-corrected chi connectivity index (χ2v) is 5.67. The van der Waals surface area contributed by atoms with Crippen molar-refractivity contribution in [2.75, 3.05) is 0 Å². The van der Waals surface area contributed by atoms with Crippen molar-refractivity contribution in [2.24, 2.45) is 0 Å². The fraction of sp³-hybridized carbons (Fsp3) is 0.250. The van der Waals surface area contributed by atoms with E-state index < -0.39 is 5.97 Å². The summed E-state index contributed by atoms with van der Waals surface area (Å²) in [7, 11) is 0. The van der Waals surface area contributed by atoms with E-state index in [0.717, 1.165) is 23.0 Å². The third kappa shape index (κ3) is 2.26. The van der Waals surface area contributed by atoms with E-state index in [1.807, 2.05) is 0 Å². The Morgan fingerprint density at radius 3 is 2.79 bits per heavy atom. The molecule has 3 rings (SSSR count). The predicted molar refractivity (Wildman–Crippen MR) is 73.0 cm³/mol. The van der Waals surface area contributed by atoms with Gasteiger partial charge in [-0.25, -0.2) is 9.48 Å². The molecular weight excluding hydrogens is 334 g/mol. The highest BCUT2D eigenvalue weighted by molar-refractivity contribution is 9.10. The van der Waals surface area contributed by atoms with Gasteiger partial charge in [-0.05, 0) is 47.0 Å². The number of carboxylic acid groups (broad SMARTS) is 1. The van der Waals surface area contributed by atoms with Crippen molar-refractivity contribution in [3.63, 3.8) is 0 Å². The van der Waals surface area contributed by atoms with Gasteiger partial charge in [0.15, 0.2) is 5.69 Å². The SMILES string of the molecule is O=C(O)c1nnn(-c2ccc(Cl)c(Br)c2)c1C1CC1. The van der Waals surface area contributed by atoms with Gasteiger partial charge in [-0.15, -0.1) is 5.10 Å². The minimum atomic E-state index is -1.04. The van der Waals surface area contributed by atoms with Crippen molar-refractivity contribution in [3.05, 3.63) is 39.1 Å². The Bertz CT molecular complexity index is 667. The molecule has 5 nitrogen and oxygen atoms in total. The molecule has 1 heterocycles. The normalized spacial score (nSPS) is 14.6. The van der Waals surface area contributed by atoms with E-state index in [1.165, 1.54) is 0 Å². The highest BCUT2D eigenvalue weighted by atomic mass is 79.9. The number of hydrogen-bond acceptors (Lipinski definition) is 3. The lowest BCUT2D eigenvalue weighted by molar-refractivity contribution is 0.0689. The lowest BCUT2D eigenvalue weighted by Crippen LogP contribution is -2.05. The average Bonchev–Trinajstić information content (AvgIpc) is 3.11. The van der Waals surface area contributed by atoms with Gasteiger partial charge in [0.25, 0.3) is 0 Å². The molecule has 0 bridgehead atoms. The molecule has 1 N–H and O–H groups in total. The number of carbonyl (C=O) groups is 1. The topological polar surface area (TPSA) is 68.0 Å². The van der Waals surface area contributed by atoms with Crippen molar-refractivity contribution in [1.29, 1.82) is 0 Å². The largest absolute Gasteiger partial charge is 0.476 e. The standard InChI is InChI=1S/C12H9BrClN3O2/c13-8-5-7(3-4-9(8)14)17-11(6-1-2-6)10(12(18)19)15-16-17/h3-6H,1-2H2,(H,18,19). The summed E-state index contributed by atoms with van der Waals surface area (Å²) in [6.07, 6.45) is 1.95. The number of halogens is 2. The molecule has 19 heavy (non-hydrogen) atoms. The van der Waals surface area contributed by atoms with Gasteiger partial charge in [0.2, 0.25) is 0 Å². The maximum absolute atomic E-state index is 11.2. The Morgan fingerprint density at radius 1 is 1.47 bits per heavy atom. The van der Waals surface area contributed by atoms with E-state index in [1.54, 1.807) is 22.9 Å². The predicted octanol–water partition coefficient (Wildman–Crippen LogP) is 3.26. The second-order valence-electron chi connectivity index (χ2n) is 4.41. The molecule has 1 saturated carbocycles. The van der Waals surface area contributed by atoms with Crippen LogP contribution in [0.4, 0.5) is 0 Å². The van der Waals surface area contributed by atoms with Crippen molar-refractivity contribution in [2.45, 2.75) is 18.8 Å². The maximum Gasteiger partial charge on any atom is 0.358 e. The molecule has 2 aromatic rings. The van der Waals surface area contributed by atoms with Crippen LogP contribution in [0.25, 0.3) is 5.69 Å². The Morgan fingerprint density at radius 2 is 2.21 bits per heavy atom. The van der Waals surface area contributed by atoms with Crippen LogP contribution in [0, 0.1) is 0 Å². The molecule has 0 saturated heterocycles. The van der Waals surface area contributed by atoms with E-state index >= 15 is 0 Å². The molecule has 1 fully saturated rings. The van der Waals surface area contributed by atoms with Gasteiger partial charge in [-0.2, -0.15) is 0 Å². The molecule has 98 valence electrons. The highest BCUT2D eigenvalue weighted by Gasteiger charge is 2.34. The van der Waals surface area contributed by atoms with Gasteiger partial charge < -0.3 is 5.11 Å². The fourth-order valence-corrected chi connectivity index (χ4v) is 2.46. The van der Waals surface area contributed by atoms with Crippen molar-refractivity contribution < 1.29 is 9.90 Å². The average molecular weight is 343 g/mol. The molecule has 1 aliphatic carbocycles. The van der Waals surface area contributed by atoms with Crippen molar-refractivity contribution in [1.82, 2.24) is 15.0 Å². The summed E-state index contributed by atoms with van der Waals surface area (Å²) in [5.41, 5.74) is 1.45. The molecular formula is C12H9BrClN3O2. The van der Waals surface area contributed by atoms with Crippen LogP contribution in [0.3, 0.4) is 0 Å². The number of carboxylic acids is 1. The number of nitrogens with zero attached hydrogens (tertiary/aromatic N) is 3. The van der Waals surface area contributed by atoms with Crippen molar-refractivity contribution in [3.8, 4) is 5.69 Å². The summed E-state index contributed by atoms with van der Waals surface area (Å²) in [5.74, 6) is -0.809. The van der Waals surface area contributed by atoms with Crippen LogP contribution in [0.2, 0.25) is 5.02 Å². The number of aromatic nitrogens is 3. The van der Waals surface area contributed by atoms with Crippen LogP contribution >= 0.6 is 27.5 Å². The first-order chi connectivity index (χ1) is 9.08. The molecule has 1 aliphatic rings. The summed E-state index contributed by atoms with van der Waals surface area (Å²) in [6.45, 7) is 0. The summed E-state index contributed by atoms with van der Waals surface area (Å²) < 4.78 is 2.32. The minimum Gasteiger partial charge on any atom is -0.476 e. The maximum atomic E-state index is 11.2. The Kier molecular flexibility index (Phi) is 3.06. The van der Waals surface area contributed by atoms with Crippen LogP contribution < -0.4 is 0 Å². The Labute approximate surface area is 122 Å². The van der Waals surface area contributed by atoms with E-state index in [-0.39, 0.29) is 11.6 Å². The molecule has 0 unspecified atom stereocenters. The van der Waals surface area contributed by atoms with Crippen LogP contribution in [0.15, 0.2) is 22.7 Å². The Balaban J connectivity index is 2.14. The van der Waals surface area contributed by atoms with Gasteiger partial charge in [-0.1, -0.05) is 16.8 Å². The van der Waals surface area contributed by atoms with Crippen LogP contribution in [0.1, 0.15) is 34.9 Å². The van der Waals surface area contributed by atoms with Gasteiger partial charge in [0.05, 0.1) is 16.4 Å². The summed E-state index contributed by atoms with van der Waals surface area (Å²) >= 11 is 9.30. The molecule has 0 aliphatic heterocycles. The lowest BCUT2D eigenvalue weighted by atomic mass is 10.2. The summed E-state index contributed by atoms with van der Waals surface area (Å²) in [6, 6.07) is 5.33. The third-order valence-corrected chi connectivity index (χ3v) is 4.23. The highest BCUT2D eigenvalue weighted by Crippen LogP contribution is 2.42. The third-order valence-electron chi connectivity index (χ3n) is 3.02. The molecule has 0 atom stereocenters. The molecule has 7 heteroatoms. The zero-order valence-electron chi connectivity index (χ0n) is 9.68. The lowest BCUT2D eigenvalue weighted by Gasteiger charge is -2.07. The van der Waals surface area contributed by atoms with Crippen LogP contribution in [0.5, 0.6) is 0 Å². The fourth-order valence-electron chi connectivity index (χ4n) is 1.97. The quantitative estimate of drug-likeness (QED) is 0.929. The number of hydrogen-bond donors (Lipinski definition) is 1. The van der Waals surface area contributed by atoms with Gasteiger partial charge >= 0.3 is 5.97 Å². The molecule has 0 radical (unpaired) electrons. The van der Waals surface area contributed by atoms with E-state index in [0.29, 0.717) is 10.7 Å². The van der Waals surface area contributed by atoms with Gasteiger partial charge in [-0.3, -0.25) is 0 Å². The molecule has 1 aromatic carbocycles. The van der Waals surface area contributed by atoms with Gasteiger partial charge in [0.1, 0.15) is 0 Å². The second kappa shape index (κ2) is 4.61. The first-order valence-electron chi connectivity index (χ1n) is 5.72. The number of rotatable bonds is 3. The molecule has 1 aromatic heterocycles. The molecule has 0 spiro atoms. The zero-order valence-corrected chi connectivity index (χ0v) is 12.0. The number of benzene rings is 1. The molecule has 0 amide bonds. The van der Waals surface area contributed by atoms with Crippen LogP contribution in [-0.4, -0.2) is 26.1 Å². The minimum absolute atomic E-state index is 0.0357. The van der Waals surface area contributed by atoms with E-state index in [2.05, 4.69) is 26.2 Å². The smallest absolute Gasteiger partial charge is 0.358 e. The van der Waals surface area contributed by atoms with Gasteiger partial charge in [0, 0.05) is 10.4 Å². The van der Waals surface area contributed by atoms with Crippen LogP contribution in [-0.2, 0) is 0 Å². The monoisotopic (exact) mass is 341 g/mol. The first kappa shape index (κ1) is 12.6. The number of aromatic carboxylic acids is 1. The zero-order chi connectivity index (χ0) is 13.6. The van der Waals surface area contributed by atoms with Crippen molar-refractivity contribution >= 4 is 33.5 Å². The van der Waals surface area contributed by atoms with E-state index in [4.69, 9.17) is 16.7 Å².